The largest absolute Gasteiger partial charge is 0.314 e. The van der Waals surface area contributed by atoms with Crippen LogP contribution in [0.15, 0.2) is 41.8 Å². The third-order valence-corrected chi connectivity index (χ3v) is 4.07. The van der Waals surface area contributed by atoms with Crippen molar-refractivity contribution in [3.8, 4) is 0 Å². The number of likely N-dealkylation sites (N-methyl/N-ethyl adjacent to an activating group) is 1. The Bertz CT molecular complexity index is 450. The fraction of sp³-hybridized carbons (Fsp3) is 0.333. The molecule has 2 aromatic rings. The van der Waals surface area contributed by atoms with E-state index in [1.165, 1.54) is 10.4 Å². The Kier molecular flexibility index (Phi) is 5.24. The van der Waals surface area contributed by atoms with Crippen LogP contribution < -0.4 is 5.32 Å². The first-order chi connectivity index (χ1) is 8.78. The van der Waals surface area contributed by atoms with Crippen molar-refractivity contribution in [2.24, 2.45) is 0 Å². The first-order valence-electron chi connectivity index (χ1n) is 6.28. The van der Waals surface area contributed by atoms with Gasteiger partial charge in [0, 0.05) is 15.9 Å². The van der Waals surface area contributed by atoms with Gasteiger partial charge < -0.3 is 5.32 Å². The van der Waals surface area contributed by atoms with Crippen molar-refractivity contribution >= 4 is 22.9 Å². The van der Waals surface area contributed by atoms with Crippen LogP contribution in [0.25, 0.3) is 0 Å². The second-order valence-electron chi connectivity index (χ2n) is 4.37. The summed E-state index contributed by atoms with van der Waals surface area (Å²) < 4.78 is 0. The van der Waals surface area contributed by atoms with Crippen LogP contribution in [0.3, 0.4) is 0 Å². The fourth-order valence-electron chi connectivity index (χ4n) is 2.08. The van der Waals surface area contributed by atoms with Crippen LogP contribution >= 0.6 is 22.9 Å². The summed E-state index contributed by atoms with van der Waals surface area (Å²) in [5, 5.41) is 6.50. The van der Waals surface area contributed by atoms with E-state index >= 15 is 0 Å². The van der Waals surface area contributed by atoms with Gasteiger partial charge in [-0.1, -0.05) is 36.7 Å². The molecule has 1 aromatic carbocycles. The van der Waals surface area contributed by atoms with Gasteiger partial charge in [0.25, 0.3) is 0 Å². The summed E-state index contributed by atoms with van der Waals surface area (Å²) in [7, 11) is 0. The summed E-state index contributed by atoms with van der Waals surface area (Å²) in [5.74, 6) is 0. The topological polar surface area (TPSA) is 12.0 Å². The second kappa shape index (κ2) is 6.93. The normalized spacial score (nSPS) is 12.6. The van der Waals surface area contributed by atoms with Crippen molar-refractivity contribution in [3.05, 3.63) is 57.2 Å². The maximum absolute atomic E-state index is 5.91. The second-order valence-corrected chi connectivity index (χ2v) is 5.84. The summed E-state index contributed by atoms with van der Waals surface area (Å²) in [6, 6.07) is 13.0. The smallest absolute Gasteiger partial charge is 0.0406 e. The molecule has 0 aliphatic heterocycles. The molecule has 0 fully saturated rings. The SMILES string of the molecule is CCNC(Cc1ccc(Cl)cc1)Cc1cccs1. The van der Waals surface area contributed by atoms with Gasteiger partial charge in [-0.2, -0.15) is 0 Å². The zero-order chi connectivity index (χ0) is 12.8. The van der Waals surface area contributed by atoms with Crippen molar-refractivity contribution in [2.45, 2.75) is 25.8 Å². The third kappa shape index (κ3) is 4.13. The van der Waals surface area contributed by atoms with Crippen LogP contribution in [-0.4, -0.2) is 12.6 Å². The maximum Gasteiger partial charge on any atom is 0.0406 e. The molecule has 1 heterocycles. The van der Waals surface area contributed by atoms with Gasteiger partial charge in [0.05, 0.1) is 0 Å². The average Bonchev–Trinajstić information content (AvgIpc) is 2.85. The van der Waals surface area contributed by atoms with E-state index in [1.807, 2.05) is 23.5 Å². The Morgan fingerprint density at radius 2 is 1.94 bits per heavy atom. The molecule has 1 unspecified atom stereocenters. The highest BCUT2D eigenvalue weighted by molar-refractivity contribution is 7.09. The van der Waals surface area contributed by atoms with E-state index in [9.17, 15) is 0 Å². The quantitative estimate of drug-likeness (QED) is 0.837. The number of rotatable bonds is 6. The molecule has 1 aromatic heterocycles. The highest BCUT2D eigenvalue weighted by Crippen LogP contribution is 2.15. The lowest BCUT2D eigenvalue weighted by Gasteiger charge is -2.17. The minimum absolute atomic E-state index is 0.495. The molecule has 0 aliphatic rings. The zero-order valence-corrected chi connectivity index (χ0v) is 12.1. The Morgan fingerprint density at radius 3 is 2.56 bits per heavy atom. The van der Waals surface area contributed by atoms with E-state index in [0.717, 1.165) is 24.4 Å². The Morgan fingerprint density at radius 1 is 1.17 bits per heavy atom. The maximum atomic E-state index is 5.91. The monoisotopic (exact) mass is 279 g/mol. The van der Waals surface area contributed by atoms with Gasteiger partial charge >= 0.3 is 0 Å². The van der Waals surface area contributed by atoms with E-state index in [2.05, 4.69) is 41.9 Å². The first kappa shape index (κ1) is 13.6. The van der Waals surface area contributed by atoms with Crippen LogP contribution in [0.2, 0.25) is 5.02 Å². The number of benzene rings is 1. The number of thiophene rings is 1. The molecule has 18 heavy (non-hydrogen) atoms. The van der Waals surface area contributed by atoms with Gasteiger partial charge in [-0.05, 0) is 48.5 Å². The number of hydrogen-bond donors (Lipinski definition) is 1. The molecule has 1 atom stereocenters. The van der Waals surface area contributed by atoms with Crippen LogP contribution in [-0.2, 0) is 12.8 Å². The molecule has 0 aliphatic carbocycles. The molecule has 96 valence electrons. The average molecular weight is 280 g/mol. The molecule has 0 amide bonds. The lowest BCUT2D eigenvalue weighted by Crippen LogP contribution is -2.32. The Hall–Kier alpha value is -0.830. The summed E-state index contributed by atoms with van der Waals surface area (Å²) in [5.41, 5.74) is 1.34. The summed E-state index contributed by atoms with van der Waals surface area (Å²) in [4.78, 5) is 1.44. The number of nitrogens with one attached hydrogen (secondary N) is 1. The van der Waals surface area contributed by atoms with Crippen molar-refractivity contribution < 1.29 is 0 Å². The minimum Gasteiger partial charge on any atom is -0.314 e. The lowest BCUT2D eigenvalue weighted by atomic mass is 10.0. The van der Waals surface area contributed by atoms with Gasteiger partial charge in [-0.25, -0.2) is 0 Å². The van der Waals surface area contributed by atoms with Crippen LogP contribution in [0.1, 0.15) is 17.4 Å². The lowest BCUT2D eigenvalue weighted by molar-refractivity contribution is 0.524. The van der Waals surface area contributed by atoms with Crippen LogP contribution in [0.4, 0.5) is 0 Å². The first-order valence-corrected chi connectivity index (χ1v) is 7.54. The Labute approximate surface area is 118 Å². The van der Waals surface area contributed by atoms with Crippen molar-refractivity contribution in [2.75, 3.05) is 6.54 Å². The van der Waals surface area contributed by atoms with Crippen molar-refractivity contribution in [1.82, 2.24) is 5.32 Å². The molecule has 0 saturated carbocycles. The predicted molar refractivity (Wildman–Crippen MR) is 80.6 cm³/mol. The molecule has 0 saturated heterocycles. The molecule has 3 heteroatoms. The summed E-state index contributed by atoms with van der Waals surface area (Å²) >= 11 is 7.74. The molecular formula is C15H18ClNS. The molecule has 1 N–H and O–H groups in total. The van der Waals surface area contributed by atoms with Crippen molar-refractivity contribution in [1.29, 1.82) is 0 Å². The molecule has 1 nitrogen and oxygen atoms in total. The van der Waals surface area contributed by atoms with E-state index in [1.54, 1.807) is 0 Å². The summed E-state index contributed by atoms with van der Waals surface area (Å²) in [6.07, 6.45) is 2.14. The highest BCUT2D eigenvalue weighted by Gasteiger charge is 2.10. The van der Waals surface area contributed by atoms with E-state index in [-0.39, 0.29) is 0 Å². The predicted octanol–water partition coefficient (Wildman–Crippen LogP) is 4.16. The molecule has 0 bridgehead atoms. The van der Waals surface area contributed by atoms with Gasteiger partial charge in [-0.3, -0.25) is 0 Å². The van der Waals surface area contributed by atoms with Crippen molar-refractivity contribution in [3.63, 3.8) is 0 Å². The molecule has 2 rings (SSSR count). The standard InChI is InChI=1S/C15H18ClNS/c1-2-17-14(11-15-4-3-9-18-15)10-12-5-7-13(16)8-6-12/h3-9,14,17H,2,10-11H2,1H3. The van der Waals surface area contributed by atoms with E-state index in [4.69, 9.17) is 11.6 Å². The third-order valence-electron chi connectivity index (χ3n) is 2.92. The number of halogens is 1. The van der Waals surface area contributed by atoms with Gasteiger partial charge in [-0.15, -0.1) is 11.3 Å². The van der Waals surface area contributed by atoms with Gasteiger partial charge in [0.1, 0.15) is 0 Å². The fourth-order valence-corrected chi connectivity index (χ4v) is 2.99. The van der Waals surface area contributed by atoms with Gasteiger partial charge in [0.15, 0.2) is 0 Å². The zero-order valence-electron chi connectivity index (χ0n) is 10.5. The minimum atomic E-state index is 0.495. The van der Waals surface area contributed by atoms with Gasteiger partial charge in [0.2, 0.25) is 0 Å². The molecule has 0 radical (unpaired) electrons. The molecule has 0 spiro atoms. The summed E-state index contributed by atoms with van der Waals surface area (Å²) in [6.45, 7) is 3.16. The van der Waals surface area contributed by atoms with Crippen LogP contribution in [0, 0.1) is 0 Å². The van der Waals surface area contributed by atoms with E-state index < -0.39 is 0 Å². The Balaban J connectivity index is 1.99. The highest BCUT2D eigenvalue weighted by atomic mass is 35.5. The van der Waals surface area contributed by atoms with Crippen LogP contribution in [0.5, 0.6) is 0 Å². The number of hydrogen-bond acceptors (Lipinski definition) is 2. The molecular weight excluding hydrogens is 262 g/mol. The van der Waals surface area contributed by atoms with E-state index in [0.29, 0.717) is 6.04 Å².